The van der Waals surface area contributed by atoms with Crippen molar-refractivity contribution < 1.29 is 22.7 Å². The summed E-state index contributed by atoms with van der Waals surface area (Å²) in [4.78, 5) is 30.3. The third kappa shape index (κ3) is 2.78. The van der Waals surface area contributed by atoms with Crippen molar-refractivity contribution in [1.29, 1.82) is 0 Å². The molecule has 4 heterocycles. The minimum Gasteiger partial charge on any atom is -0.464 e. The van der Waals surface area contributed by atoms with Crippen LogP contribution >= 0.6 is 0 Å². The molecule has 0 aliphatic carbocycles. The number of esters is 1. The number of halogens is 3. The molecule has 0 aliphatic rings. The molecular weight excluding hydrogens is 369 g/mol. The molecule has 0 unspecified atom stereocenters. The van der Waals surface area contributed by atoms with Gasteiger partial charge < -0.3 is 9.72 Å². The number of aromatic amines is 2. The maximum Gasteiger partial charge on any atom is 0.453 e. The molecule has 0 saturated carbocycles. The predicted octanol–water partition coefficient (Wildman–Crippen LogP) is 1.71. The average Bonchev–Trinajstić information content (AvgIpc) is 3.36. The molecule has 4 aromatic rings. The molecule has 2 N–H and O–H groups in total. The van der Waals surface area contributed by atoms with Gasteiger partial charge in [-0.1, -0.05) is 0 Å². The summed E-state index contributed by atoms with van der Waals surface area (Å²) in [7, 11) is 1.20. The molecule has 13 heteroatoms. The van der Waals surface area contributed by atoms with Gasteiger partial charge in [0.15, 0.2) is 11.5 Å². The minimum atomic E-state index is -4.71. The van der Waals surface area contributed by atoms with Crippen LogP contribution in [-0.2, 0) is 10.9 Å². The first-order chi connectivity index (χ1) is 12.9. The summed E-state index contributed by atoms with van der Waals surface area (Å²) in [6.07, 6.45) is -0.300. The molecule has 0 atom stereocenters. The molecule has 0 fully saturated rings. The summed E-state index contributed by atoms with van der Waals surface area (Å²) >= 11 is 0. The van der Waals surface area contributed by atoms with Crippen LogP contribution in [0.4, 0.5) is 13.2 Å². The Bertz CT molecular complexity index is 1130. The van der Waals surface area contributed by atoms with Crippen LogP contribution in [0.1, 0.15) is 16.3 Å². The molecule has 0 spiro atoms. The topological polar surface area (TPSA) is 127 Å². The van der Waals surface area contributed by atoms with Crippen molar-refractivity contribution in [1.82, 2.24) is 39.5 Å². The van der Waals surface area contributed by atoms with E-state index in [1.807, 2.05) is 0 Å². The van der Waals surface area contributed by atoms with Gasteiger partial charge in [0.25, 0.3) is 5.82 Å². The molecule has 138 valence electrons. The van der Waals surface area contributed by atoms with Crippen molar-refractivity contribution in [2.24, 2.45) is 0 Å². The van der Waals surface area contributed by atoms with E-state index in [-0.39, 0.29) is 23.0 Å². The third-order valence-corrected chi connectivity index (χ3v) is 3.59. The Morgan fingerprint density at radius 3 is 2.70 bits per heavy atom. The monoisotopic (exact) mass is 378 g/mol. The maximum absolute atomic E-state index is 12.8. The van der Waals surface area contributed by atoms with Crippen LogP contribution in [0.3, 0.4) is 0 Å². The lowest BCUT2D eigenvalue weighted by atomic mass is 10.2. The largest absolute Gasteiger partial charge is 0.464 e. The number of H-pyrrole nitrogens is 2. The van der Waals surface area contributed by atoms with E-state index in [9.17, 15) is 18.0 Å². The third-order valence-electron chi connectivity index (χ3n) is 3.59. The van der Waals surface area contributed by atoms with Gasteiger partial charge >= 0.3 is 12.1 Å². The van der Waals surface area contributed by atoms with E-state index in [0.29, 0.717) is 11.4 Å². The highest BCUT2D eigenvalue weighted by Crippen LogP contribution is 2.32. The van der Waals surface area contributed by atoms with E-state index >= 15 is 0 Å². The Morgan fingerprint density at radius 1 is 1.26 bits per heavy atom. The van der Waals surface area contributed by atoms with Crippen molar-refractivity contribution >= 4 is 11.7 Å². The summed E-state index contributed by atoms with van der Waals surface area (Å²) in [6.45, 7) is 0. The summed E-state index contributed by atoms with van der Waals surface area (Å²) in [5.41, 5.74) is 0.735. The molecular formula is C14H9F3N8O2. The van der Waals surface area contributed by atoms with Crippen molar-refractivity contribution in [3.63, 3.8) is 0 Å². The zero-order valence-electron chi connectivity index (χ0n) is 13.4. The van der Waals surface area contributed by atoms with Crippen LogP contribution in [-0.4, -0.2) is 52.6 Å². The predicted molar refractivity (Wildman–Crippen MR) is 82.3 cm³/mol. The fraction of sp³-hybridized carbons (Fsp3) is 0.143. The smallest absolute Gasteiger partial charge is 0.453 e. The van der Waals surface area contributed by atoms with Crippen molar-refractivity contribution in [2.75, 3.05) is 7.11 Å². The molecule has 27 heavy (non-hydrogen) atoms. The number of ether oxygens (including phenoxy) is 1. The van der Waals surface area contributed by atoms with Crippen LogP contribution in [0.25, 0.3) is 28.7 Å². The van der Waals surface area contributed by atoms with Crippen molar-refractivity contribution in [3.8, 4) is 22.9 Å². The molecule has 10 nitrogen and oxygen atoms in total. The molecule has 0 aliphatic heterocycles. The van der Waals surface area contributed by atoms with Gasteiger partial charge in [0.05, 0.1) is 13.4 Å². The lowest BCUT2D eigenvalue weighted by molar-refractivity contribution is -0.144. The molecule has 4 aromatic heterocycles. The lowest BCUT2D eigenvalue weighted by Gasteiger charge is -2.01. The van der Waals surface area contributed by atoms with Gasteiger partial charge in [-0.15, -0.1) is 5.10 Å². The van der Waals surface area contributed by atoms with Crippen LogP contribution in [0.15, 0.2) is 24.8 Å². The summed E-state index contributed by atoms with van der Waals surface area (Å²) < 4.78 is 44.5. The highest BCUT2D eigenvalue weighted by atomic mass is 19.4. The number of methoxy groups -OCH3 is 1. The average molecular weight is 378 g/mol. The van der Waals surface area contributed by atoms with Gasteiger partial charge in [0.2, 0.25) is 5.78 Å². The summed E-state index contributed by atoms with van der Waals surface area (Å²) in [5.74, 6) is -2.17. The van der Waals surface area contributed by atoms with E-state index in [1.165, 1.54) is 36.3 Å². The number of alkyl halides is 3. The highest BCUT2D eigenvalue weighted by Gasteiger charge is 2.37. The molecule has 0 aromatic carbocycles. The van der Waals surface area contributed by atoms with E-state index in [2.05, 4.69) is 39.9 Å². The fourth-order valence-electron chi connectivity index (χ4n) is 2.44. The number of carbonyl (C=O) groups excluding carboxylic acids is 1. The quantitative estimate of drug-likeness (QED) is 0.520. The lowest BCUT2D eigenvalue weighted by Crippen LogP contribution is -2.07. The number of hydrogen-bond acceptors (Lipinski definition) is 7. The van der Waals surface area contributed by atoms with E-state index in [1.54, 1.807) is 0 Å². The van der Waals surface area contributed by atoms with Gasteiger partial charge in [0.1, 0.15) is 17.1 Å². The van der Waals surface area contributed by atoms with Gasteiger partial charge in [-0.2, -0.15) is 13.2 Å². The van der Waals surface area contributed by atoms with Crippen LogP contribution in [0.2, 0.25) is 0 Å². The SMILES string of the molecule is COC(=O)c1ccn2c(-c3c[nH]cn3)c(-c3nc(C(F)(F)F)n[nH]3)nc2n1. The summed E-state index contributed by atoms with van der Waals surface area (Å²) in [5, 5.41) is 5.41. The molecule has 0 bridgehead atoms. The normalized spacial score (nSPS) is 11.9. The van der Waals surface area contributed by atoms with Gasteiger partial charge in [-0.3, -0.25) is 9.50 Å². The molecule has 0 saturated heterocycles. The minimum absolute atomic E-state index is 0.0105. The number of nitrogens with zero attached hydrogens (tertiary/aromatic N) is 6. The molecule has 4 rings (SSSR count). The van der Waals surface area contributed by atoms with E-state index in [4.69, 9.17) is 0 Å². The van der Waals surface area contributed by atoms with Crippen LogP contribution in [0, 0.1) is 0 Å². The number of carbonyl (C=O) groups is 1. The zero-order valence-corrected chi connectivity index (χ0v) is 13.4. The van der Waals surface area contributed by atoms with Crippen LogP contribution < -0.4 is 0 Å². The Hall–Kier alpha value is -3.77. The van der Waals surface area contributed by atoms with Crippen LogP contribution in [0.5, 0.6) is 0 Å². The van der Waals surface area contributed by atoms with E-state index < -0.39 is 18.0 Å². The first-order valence-corrected chi connectivity index (χ1v) is 7.35. The number of imidazole rings is 2. The Balaban J connectivity index is 1.94. The first-order valence-electron chi connectivity index (χ1n) is 7.35. The number of aromatic nitrogens is 8. The first kappa shape index (κ1) is 16.7. The number of hydrogen-bond donors (Lipinski definition) is 2. The number of fused-ring (bicyclic) bond motifs is 1. The standard InChI is InChI=1S/C14H9F3N8O2/c1-27-11(26)6-2-3-25-9(7-4-18-5-19-7)8(21-13(25)20-6)10-22-12(24-23-10)14(15,16)17/h2-5H,1H3,(H,18,19)(H,22,23,24). The molecule has 0 radical (unpaired) electrons. The van der Waals surface area contributed by atoms with Crippen molar-refractivity contribution in [3.05, 3.63) is 36.3 Å². The van der Waals surface area contributed by atoms with Crippen molar-refractivity contribution in [2.45, 2.75) is 6.18 Å². The Labute approximate surface area is 147 Å². The number of rotatable bonds is 3. The second kappa shape index (κ2) is 5.89. The van der Waals surface area contributed by atoms with Gasteiger partial charge in [-0.25, -0.2) is 24.7 Å². The molecule has 0 amide bonds. The second-order valence-electron chi connectivity index (χ2n) is 5.24. The van der Waals surface area contributed by atoms with Gasteiger partial charge in [0, 0.05) is 12.4 Å². The zero-order chi connectivity index (χ0) is 19.2. The Kier molecular flexibility index (Phi) is 3.64. The fourth-order valence-corrected chi connectivity index (χ4v) is 2.44. The Morgan fingerprint density at radius 2 is 2.07 bits per heavy atom. The summed E-state index contributed by atoms with van der Waals surface area (Å²) in [6, 6.07) is 1.39. The second-order valence-corrected chi connectivity index (χ2v) is 5.24. The maximum atomic E-state index is 12.8. The van der Waals surface area contributed by atoms with E-state index in [0.717, 1.165) is 0 Å². The number of nitrogens with one attached hydrogen (secondary N) is 2. The highest BCUT2D eigenvalue weighted by molar-refractivity contribution is 5.88. The van der Waals surface area contributed by atoms with Gasteiger partial charge in [-0.05, 0) is 6.07 Å².